The van der Waals surface area contributed by atoms with Gasteiger partial charge in [0, 0.05) is 15.8 Å². The van der Waals surface area contributed by atoms with E-state index in [1.807, 2.05) is 38.1 Å². The molecule has 0 spiro atoms. The maximum Gasteiger partial charge on any atom is 0.313 e. The van der Waals surface area contributed by atoms with Crippen LogP contribution in [0.2, 0.25) is 0 Å². The van der Waals surface area contributed by atoms with Crippen LogP contribution in [0.25, 0.3) is 0 Å². The first-order valence-corrected chi connectivity index (χ1v) is 6.11. The number of rotatable bonds is 4. The fourth-order valence-corrected chi connectivity index (χ4v) is 1.60. The Kier molecular flexibility index (Phi) is 4.58. The van der Waals surface area contributed by atoms with Crippen LogP contribution in [0.4, 0.5) is 5.69 Å². The van der Waals surface area contributed by atoms with Gasteiger partial charge in [-0.05, 0) is 60.7 Å². The van der Waals surface area contributed by atoms with Gasteiger partial charge < -0.3 is 10.1 Å². The second kappa shape index (κ2) is 5.52. The molecule has 4 heteroatoms. The Morgan fingerprint density at radius 2 is 1.94 bits per heavy atom. The predicted molar refractivity (Wildman–Crippen MR) is 73.4 cm³/mol. The van der Waals surface area contributed by atoms with Crippen LogP contribution in [0.5, 0.6) is 0 Å². The number of nitrogens with one attached hydrogen (secondary N) is 1. The Labute approximate surface area is 110 Å². The van der Waals surface area contributed by atoms with Crippen LogP contribution in [0.3, 0.4) is 0 Å². The number of anilines is 1. The highest BCUT2D eigenvalue weighted by Gasteiger charge is 2.28. The van der Waals surface area contributed by atoms with E-state index in [9.17, 15) is 4.79 Å². The number of carbonyl (C=O) groups is 1. The van der Waals surface area contributed by atoms with Crippen molar-refractivity contribution < 1.29 is 9.53 Å². The van der Waals surface area contributed by atoms with E-state index in [1.165, 1.54) is 10.7 Å². The standard InChI is InChI=1S/C12H16INO2/c1-12(2,11(15)16-3)8-14-10-6-4-9(13)5-7-10/h4-7,14H,8H2,1-3H3. The van der Waals surface area contributed by atoms with E-state index in [-0.39, 0.29) is 5.97 Å². The van der Waals surface area contributed by atoms with Gasteiger partial charge in [0.25, 0.3) is 0 Å². The largest absolute Gasteiger partial charge is 0.469 e. The molecule has 0 fully saturated rings. The third-order valence-electron chi connectivity index (χ3n) is 2.32. The summed E-state index contributed by atoms with van der Waals surface area (Å²) in [7, 11) is 1.41. The van der Waals surface area contributed by atoms with Gasteiger partial charge in [-0.25, -0.2) is 0 Å². The summed E-state index contributed by atoms with van der Waals surface area (Å²) >= 11 is 2.26. The highest BCUT2D eigenvalue weighted by Crippen LogP contribution is 2.19. The number of carbonyl (C=O) groups excluding carboxylic acids is 1. The molecular formula is C12H16INO2. The molecule has 0 aromatic heterocycles. The molecule has 0 bridgehead atoms. The van der Waals surface area contributed by atoms with Crippen molar-refractivity contribution in [3.05, 3.63) is 27.8 Å². The van der Waals surface area contributed by atoms with Crippen LogP contribution in [0, 0.1) is 8.99 Å². The van der Waals surface area contributed by atoms with E-state index < -0.39 is 5.41 Å². The summed E-state index contributed by atoms with van der Waals surface area (Å²) in [4.78, 5) is 11.4. The number of hydrogen-bond acceptors (Lipinski definition) is 3. The van der Waals surface area contributed by atoms with Crippen molar-refractivity contribution in [1.82, 2.24) is 0 Å². The number of hydrogen-bond donors (Lipinski definition) is 1. The third-order valence-corrected chi connectivity index (χ3v) is 3.04. The first-order valence-electron chi connectivity index (χ1n) is 5.03. The highest BCUT2D eigenvalue weighted by molar-refractivity contribution is 14.1. The Morgan fingerprint density at radius 1 is 1.38 bits per heavy atom. The van der Waals surface area contributed by atoms with Gasteiger partial charge in [0.05, 0.1) is 12.5 Å². The van der Waals surface area contributed by atoms with Gasteiger partial charge in [-0.3, -0.25) is 4.79 Å². The number of ether oxygens (including phenoxy) is 1. The van der Waals surface area contributed by atoms with Gasteiger partial charge in [-0.15, -0.1) is 0 Å². The van der Waals surface area contributed by atoms with Crippen LogP contribution in [0.15, 0.2) is 24.3 Å². The highest BCUT2D eigenvalue weighted by atomic mass is 127. The van der Waals surface area contributed by atoms with Crippen LogP contribution < -0.4 is 5.32 Å². The molecule has 0 radical (unpaired) electrons. The molecule has 0 heterocycles. The van der Waals surface area contributed by atoms with Crippen LogP contribution in [0.1, 0.15) is 13.8 Å². The SMILES string of the molecule is COC(=O)C(C)(C)CNc1ccc(I)cc1. The van der Waals surface area contributed by atoms with Crippen molar-refractivity contribution in [2.24, 2.45) is 5.41 Å². The van der Waals surface area contributed by atoms with Gasteiger partial charge in [0.2, 0.25) is 0 Å². The molecule has 1 N–H and O–H groups in total. The molecule has 1 aromatic rings. The Bertz CT molecular complexity index is 360. The van der Waals surface area contributed by atoms with Crippen LogP contribution in [-0.2, 0) is 9.53 Å². The van der Waals surface area contributed by atoms with Gasteiger partial charge >= 0.3 is 5.97 Å². The monoisotopic (exact) mass is 333 g/mol. The normalized spacial score (nSPS) is 11.0. The smallest absolute Gasteiger partial charge is 0.313 e. The van der Waals surface area contributed by atoms with Gasteiger partial charge in [0.1, 0.15) is 0 Å². The molecule has 0 atom stereocenters. The molecule has 0 unspecified atom stereocenters. The zero-order valence-corrected chi connectivity index (χ0v) is 11.9. The van der Waals surface area contributed by atoms with Crippen molar-refractivity contribution in [2.45, 2.75) is 13.8 Å². The van der Waals surface area contributed by atoms with E-state index in [1.54, 1.807) is 0 Å². The minimum atomic E-state index is -0.516. The third kappa shape index (κ3) is 3.66. The molecule has 0 aliphatic rings. The predicted octanol–water partition coefficient (Wildman–Crippen LogP) is 2.90. The minimum absolute atomic E-state index is 0.203. The fourth-order valence-electron chi connectivity index (χ4n) is 1.24. The zero-order chi connectivity index (χ0) is 12.2. The summed E-state index contributed by atoms with van der Waals surface area (Å²) < 4.78 is 5.93. The molecule has 16 heavy (non-hydrogen) atoms. The van der Waals surface area contributed by atoms with Crippen molar-refractivity contribution in [1.29, 1.82) is 0 Å². The van der Waals surface area contributed by atoms with E-state index in [4.69, 9.17) is 4.74 Å². The quantitative estimate of drug-likeness (QED) is 0.680. The summed E-state index contributed by atoms with van der Waals surface area (Å²) in [5.74, 6) is -0.203. The lowest BCUT2D eigenvalue weighted by Gasteiger charge is -2.22. The molecule has 0 saturated heterocycles. The second-order valence-corrected chi connectivity index (χ2v) is 5.48. The topological polar surface area (TPSA) is 38.3 Å². The van der Waals surface area contributed by atoms with E-state index >= 15 is 0 Å². The maximum absolute atomic E-state index is 11.4. The number of esters is 1. The Balaban J connectivity index is 2.57. The maximum atomic E-state index is 11.4. The lowest BCUT2D eigenvalue weighted by molar-refractivity contribution is -0.149. The summed E-state index contributed by atoms with van der Waals surface area (Å²) in [5.41, 5.74) is 0.495. The lowest BCUT2D eigenvalue weighted by atomic mass is 9.93. The van der Waals surface area contributed by atoms with E-state index in [2.05, 4.69) is 27.9 Å². The number of benzene rings is 1. The molecule has 1 aromatic carbocycles. The fraction of sp³-hybridized carbons (Fsp3) is 0.417. The number of methoxy groups -OCH3 is 1. The Hall–Kier alpha value is -0.780. The molecule has 1 rings (SSSR count). The molecule has 88 valence electrons. The number of halogens is 1. The molecular weight excluding hydrogens is 317 g/mol. The van der Waals surface area contributed by atoms with Crippen LogP contribution in [-0.4, -0.2) is 19.6 Å². The summed E-state index contributed by atoms with van der Waals surface area (Å²) in [6.07, 6.45) is 0. The second-order valence-electron chi connectivity index (χ2n) is 4.24. The average Bonchev–Trinajstić information content (AvgIpc) is 2.27. The van der Waals surface area contributed by atoms with E-state index in [0.717, 1.165) is 5.69 Å². The molecule has 0 amide bonds. The van der Waals surface area contributed by atoms with Crippen molar-refractivity contribution in [3.63, 3.8) is 0 Å². The molecule has 0 saturated carbocycles. The molecule has 0 aliphatic heterocycles. The van der Waals surface area contributed by atoms with Crippen molar-refractivity contribution in [2.75, 3.05) is 19.0 Å². The zero-order valence-electron chi connectivity index (χ0n) is 9.71. The lowest BCUT2D eigenvalue weighted by Crippen LogP contribution is -2.33. The van der Waals surface area contributed by atoms with Crippen molar-refractivity contribution in [3.8, 4) is 0 Å². The summed E-state index contributed by atoms with van der Waals surface area (Å²) in [6.45, 7) is 4.28. The average molecular weight is 333 g/mol. The van der Waals surface area contributed by atoms with Gasteiger partial charge in [0.15, 0.2) is 0 Å². The summed E-state index contributed by atoms with van der Waals surface area (Å²) in [6, 6.07) is 8.03. The van der Waals surface area contributed by atoms with Crippen LogP contribution >= 0.6 is 22.6 Å². The molecule has 3 nitrogen and oxygen atoms in total. The molecule has 0 aliphatic carbocycles. The van der Waals surface area contributed by atoms with Gasteiger partial charge in [-0.2, -0.15) is 0 Å². The van der Waals surface area contributed by atoms with Gasteiger partial charge in [-0.1, -0.05) is 0 Å². The van der Waals surface area contributed by atoms with Crippen molar-refractivity contribution >= 4 is 34.2 Å². The summed E-state index contributed by atoms with van der Waals surface area (Å²) in [5, 5.41) is 3.22. The first kappa shape index (κ1) is 13.3. The first-order chi connectivity index (χ1) is 7.45. The Morgan fingerprint density at radius 3 is 2.44 bits per heavy atom. The van der Waals surface area contributed by atoms with E-state index in [0.29, 0.717) is 6.54 Å². The minimum Gasteiger partial charge on any atom is -0.469 e.